The van der Waals surface area contributed by atoms with Gasteiger partial charge in [-0.1, -0.05) is 36.4 Å². The Balaban J connectivity index is 1.62. The molecule has 0 bridgehead atoms. The summed E-state index contributed by atoms with van der Waals surface area (Å²) >= 11 is 1.31. The van der Waals surface area contributed by atoms with E-state index in [1.807, 2.05) is 0 Å². The van der Waals surface area contributed by atoms with Gasteiger partial charge in [0.1, 0.15) is 13.2 Å². The highest BCUT2D eigenvalue weighted by molar-refractivity contribution is 7.12. The van der Waals surface area contributed by atoms with Gasteiger partial charge in [0.25, 0.3) is 0 Å². The smallest absolute Gasteiger partial charge is 0.339 e. The fourth-order valence-electron chi connectivity index (χ4n) is 2.33. The number of ether oxygens (including phenoxy) is 2. The first-order chi connectivity index (χ1) is 12.7. The molecule has 0 fully saturated rings. The highest BCUT2D eigenvalue weighted by Crippen LogP contribution is 2.19. The lowest BCUT2D eigenvalue weighted by molar-refractivity contribution is 0.0446. The minimum absolute atomic E-state index is 0.00765. The SMILES string of the molecule is O=C(OCCOc1ccccc1F)c1ccccc1C(=O)c1cccs1. The molecular formula is C20H15FO4S. The summed E-state index contributed by atoms with van der Waals surface area (Å²) in [7, 11) is 0. The van der Waals surface area contributed by atoms with Gasteiger partial charge >= 0.3 is 5.97 Å². The predicted octanol–water partition coefficient (Wildman–Crippen LogP) is 4.35. The van der Waals surface area contributed by atoms with Crippen molar-refractivity contribution in [1.29, 1.82) is 0 Å². The number of esters is 1. The molecule has 0 aliphatic rings. The molecule has 0 atom stereocenters. The molecule has 2 aromatic carbocycles. The van der Waals surface area contributed by atoms with Crippen molar-refractivity contribution < 1.29 is 23.5 Å². The van der Waals surface area contributed by atoms with E-state index in [0.717, 1.165) is 0 Å². The number of ketones is 1. The summed E-state index contributed by atoms with van der Waals surface area (Å²) in [6, 6.07) is 16.0. The minimum atomic E-state index is -0.623. The van der Waals surface area contributed by atoms with Crippen molar-refractivity contribution in [2.24, 2.45) is 0 Å². The molecule has 26 heavy (non-hydrogen) atoms. The number of hydrogen-bond acceptors (Lipinski definition) is 5. The zero-order chi connectivity index (χ0) is 18.4. The Hall–Kier alpha value is -2.99. The summed E-state index contributed by atoms with van der Waals surface area (Å²) in [5, 5.41) is 1.80. The van der Waals surface area contributed by atoms with Crippen LogP contribution in [0, 0.1) is 5.82 Å². The van der Waals surface area contributed by atoms with Crippen LogP contribution in [0.25, 0.3) is 0 Å². The van der Waals surface area contributed by atoms with Crippen LogP contribution in [0.2, 0.25) is 0 Å². The maximum Gasteiger partial charge on any atom is 0.339 e. The zero-order valence-electron chi connectivity index (χ0n) is 13.7. The maximum absolute atomic E-state index is 13.4. The quantitative estimate of drug-likeness (QED) is 0.352. The van der Waals surface area contributed by atoms with Gasteiger partial charge in [0.15, 0.2) is 11.6 Å². The highest BCUT2D eigenvalue weighted by atomic mass is 32.1. The summed E-state index contributed by atoms with van der Waals surface area (Å²) < 4.78 is 23.9. The molecule has 0 N–H and O–H groups in total. The monoisotopic (exact) mass is 370 g/mol. The van der Waals surface area contributed by atoms with Gasteiger partial charge in [0, 0.05) is 5.56 Å². The van der Waals surface area contributed by atoms with Crippen LogP contribution < -0.4 is 4.74 Å². The van der Waals surface area contributed by atoms with Gasteiger partial charge in [0.05, 0.1) is 10.4 Å². The van der Waals surface area contributed by atoms with E-state index in [0.29, 0.717) is 4.88 Å². The van der Waals surface area contributed by atoms with E-state index < -0.39 is 11.8 Å². The van der Waals surface area contributed by atoms with E-state index in [4.69, 9.17) is 9.47 Å². The molecule has 0 saturated heterocycles. The summed E-state index contributed by atoms with van der Waals surface area (Å²) in [6.45, 7) is -0.0532. The Labute approximate surface area is 153 Å². The van der Waals surface area contributed by atoms with Gasteiger partial charge in [-0.15, -0.1) is 11.3 Å². The molecule has 0 radical (unpaired) electrons. The number of carbonyl (C=O) groups excluding carboxylic acids is 2. The molecule has 0 spiro atoms. The number of rotatable bonds is 7. The van der Waals surface area contributed by atoms with Gasteiger partial charge in [-0.05, 0) is 29.6 Å². The number of hydrogen-bond donors (Lipinski definition) is 0. The van der Waals surface area contributed by atoms with Gasteiger partial charge in [-0.25, -0.2) is 9.18 Å². The second-order valence-corrected chi connectivity index (χ2v) is 6.21. The predicted molar refractivity (Wildman–Crippen MR) is 96.4 cm³/mol. The topological polar surface area (TPSA) is 52.6 Å². The molecule has 3 rings (SSSR count). The molecule has 1 aromatic heterocycles. The lowest BCUT2D eigenvalue weighted by Crippen LogP contribution is -2.16. The highest BCUT2D eigenvalue weighted by Gasteiger charge is 2.19. The van der Waals surface area contributed by atoms with E-state index in [1.54, 1.807) is 53.9 Å². The molecule has 0 aliphatic heterocycles. The zero-order valence-corrected chi connectivity index (χ0v) is 14.5. The second-order valence-electron chi connectivity index (χ2n) is 5.27. The van der Waals surface area contributed by atoms with E-state index in [9.17, 15) is 14.0 Å². The van der Waals surface area contributed by atoms with Crippen molar-refractivity contribution in [2.45, 2.75) is 0 Å². The Kier molecular flexibility index (Phi) is 5.76. The first-order valence-corrected chi connectivity index (χ1v) is 8.76. The average Bonchev–Trinajstić information content (AvgIpc) is 3.20. The fourth-order valence-corrected chi connectivity index (χ4v) is 3.00. The van der Waals surface area contributed by atoms with Gasteiger partial charge in [-0.3, -0.25) is 4.79 Å². The molecule has 0 aliphatic carbocycles. The van der Waals surface area contributed by atoms with Crippen molar-refractivity contribution in [2.75, 3.05) is 13.2 Å². The van der Waals surface area contributed by atoms with Crippen molar-refractivity contribution in [1.82, 2.24) is 0 Å². The van der Waals surface area contributed by atoms with Crippen LogP contribution in [-0.2, 0) is 4.74 Å². The van der Waals surface area contributed by atoms with Gasteiger partial charge in [-0.2, -0.15) is 0 Å². The molecular weight excluding hydrogens is 355 g/mol. The van der Waals surface area contributed by atoms with Crippen molar-refractivity contribution in [3.8, 4) is 5.75 Å². The first-order valence-electron chi connectivity index (χ1n) is 7.88. The average molecular weight is 370 g/mol. The van der Waals surface area contributed by atoms with Crippen LogP contribution in [0.5, 0.6) is 5.75 Å². The van der Waals surface area contributed by atoms with E-state index in [1.165, 1.54) is 23.5 Å². The molecule has 0 amide bonds. The Bertz CT molecular complexity index is 906. The van der Waals surface area contributed by atoms with Crippen LogP contribution >= 0.6 is 11.3 Å². The van der Waals surface area contributed by atoms with Crippen LogP contribution in [0.4, 0.5) is 4.39 Å². The summed E-state index contributed by atoms with van der Waals surface area (Å²) in [5.41, 5.74) is 0.478. The Morgan fingerprint density at radius 2 is 1.62 bits per heavy atom. The third-order valence-electron chi connectivity index (χ3n) is 3.55. The Morgan fingerprint density at radius 1 is 0.885 bits per heavy atom. The van der Waals surface area contributed by atoms with Crippen LogP contribution in [-0.4, -0.2) is 25.0 Å². The van der Waals surface area contributed by atoms with Crippen LogP contribution in [0.15, 0.2) is 66.0 Å². The number of para-hydroxylation sites is 1. The van der Waals surface area contributed by atoms with Crippen LogP contribution in [0.1, 0.15) is 25.6 Å². The van der Waals surface area contributed by atoms with E-state index in [-0.39, 0.29) is 35.9 Å². The van der Waals surface area contributed by atoms with Crippen molar-refractivity contribution in [3.05, 3.63) is 87.9 Å². The largest absolute Gasteiger partial charge is 0.487 e. The molecule has 0 saturated carbocycles. The minimum Gasteiger partial charge on any atom is -0.487 e. The second kappa shape index (κ2) is 8.40. The number of halogens is 1. The molecule has 4 nitrogen and oxygen atoms in total. The van der Waals surface area contributed by atoms with Crippen LogP contribution in [0.3, 0.4) is 0 Å². The number of thiophene rings is 1. The molecule has 3 aromatic rings. The third-order valence-corrected chi connectivity index (χ3v) is 4.42. The number of benzene rings is 2. The standard InChI is InChI=1S/C20H15FO4S/c21-16-8-3-4-9-17(16)24-11-12-25-20(23)15-7-2-1-6-14(15)19(22)18-10-5-13-26-18/h1-10,13H,11-12H2. The molecule has 1 heterocycles. The number of carbonyl (C=O) groups is 2. The van der Waals surface area contributed by atoms with E-state index in [2.05, 4.69) is 0 Å². The fraction of sp³-hybridized carbons (Fsp3) is 0.100. The maximum atomic E-state index is 13.4. The summed E-state index contributed by atoms with van der Waals surface area (Å²) in [4.78, 5) is 25.4. The van der Waals surface area contributed by atoms with Gasteiger partial charge < -0.3 is 9.47 Å². The van der Waals surface area contributed by atoms with Crippen molar-refractivity contribution >= 4 is 23.1 Å². The summed E-state index contributed by atoms with van der Waals surface area (Å²) in [5.74, 6) is -1.24. The molecule has 6 heteroatoms. The summed E-state index contributed by atoms with van der Waals surface area (Å²) in [6.07, 6.45) is 0. The van der Waals surface area contributed by atoms with E-state index >= 15 is 0 Å². The van der Waals surface area contributed by atoms with Crippen molar-refractivity contribution in [3.63, 3.8) is 0 Å². The Morgan fingerprint density at radius 3 is 2.35 bits per heavy atom. The molecule has 0 unspecified atom stereocenters. The lowest BCUT2D eigenvalue weighted by atomic mass is 10.0. The van der Waals surface area contributed by atoms with Gasteiger partial charge in [0.2, 0.25) is 5.78 Å². The first kappa shape index (κ1) is 17.8. The molecule has 132 valence electrons. The third kappa shape index (κ3) is 4.15. The normalized spacial score (nSPS) is 10.3. The lowest BCUT2D eigenvalue weighted by Gasteiger charge is -2.10.